The number of rotatable bonds is 8. The van der Waals surface area contributed by atoms with E-state index in [1.807, 2.05) is 19.1 Å². The fraction of sp³-hybridized carbons (Fsp3) is 0.150. The van der Waals surface area contributed by atoms with Crippen LogP contribution in [0.2, 0.25) is 0 Å². The third kappa shape index (κ3) is 5.25. The zero-order valence-electron chi connectivity index (χ0n) is 15.5. The van der Waals surface area contributed by atoms with Gasteiger partial charge in [0.05, 0.1) is 17.1 Å². The van der Waals surface area contributed by atoms with Crippen LogP contribution in [-0.4, -0.2) is 27.6 Å². The molecule has 9 nitrogen and oxygen atoms in total. The summed E-state index contributed by atoms with van der Waals surface area (Å²) in [7, 11) is 0. The van der Waals surface area contributed by atoms with E-state index in [4.69, 9.17) is 14.0 Å². The Hall–Kier alpha value is -4.01. The van der Waals surface area contributed by atoms with Crippen LogP contribution in [0.5, 0.6) is 5.75 Å². The summed E-state index contributed by atoms with van der Waals surface area (Å²) in [5.41, 5.74) is 1.27. The molecule has 0 atom stereocenters. The molecule has 0 N–H and O–H groups in total. The lowest BCUT2D eigenvalue weighted by atomic mass is 10.2. The number of nitro benzene ring substituents is 1. The SMILES string of the molecule is CCOc1ccccc1-c1noc(COC(=O)/C=C/c2ccc([N+](=O)[O-])cc2)n1. The predicted molar refractivity (Wildman–Crippen MR) is 103 cm³/mol. The summed E-state index contributed by atoms with van der Waals surface area (Å²) in [6, 6.07) is 13.0. The van der Waals surface area contributed by atoms with Crippen LogP contribution in [0.3, 0.4) is 0 Å². The first-order valence-corrected chi connectivity index (χ1v) is 8.71. The predicted octanol–water partition coefficient (Wildman–Crippen LogP) is 3.80. The third-order valence-electron chi connectivity index (χ3n) is 3.75. The van der Waals surface area contributed by atoms with Crippen LogP contribution in [0.15, 0.2) is 59.1 Å². The molecule has 0 aliphatic heterocycles. The minimum Gasteiger partial charge on any atom is -0.493 e. The molecule has 0 aliphatic rings. The van der Waals surface area contributed by atoms with Crippen molar-refractivity contribution in [2.45, 2.75) is 13.5 Å². The second kappa shape index (κ2) is 9.27. The maximum absolute atomic E-state index is 11.9. The molecule has 0 aliphatic carbocycles. The van der Waals surface area contributed by atoms with Crippen molar-refractivity contribution in [3.63, 3.8) is 0 Å². The maximum Gasteiger partial charge on any atom is 0.331 e. The molecule has 0 bridgehead atoms. The van der Waals surface area contributed by atoms with Gasteiger partial charge in [0.15, 0.2) is 6.61 Å². The molecule has 0 unspecified atom stereocenters. The molecule has 0 fully saturated rings. The summed E-state index contributed by atoms with van der Waals surface area (Å²) in [5.74, 6) is 0.494. The van der Waals surface area contributed by atoms with Crippen LogP contribution in [0, 0.1) is 10.1 Å². The monoisotopic (exact) mass is 395 g/mol. The Morgan fingerprint density at radius 1 is 1.21 bits per heavy atom. The van der Waals surface area contributed by atoms with Gasteiger partial charge in [-0.3, -0.25) is 10.1 Å². The van der Waals surface area contributed by atoms with E-state index < -0.39 is 10.9 Å². The number of para-hydroxylation sites is 1. The van der Waals surface area contributed by atoms with Crippen LogP contribution in [0.4, 0.5) is 5.69 Å². The average molecular weight is 395 g/mol. The van der Waals surface area contributed by atoms with Gasteiger partial charge < -0.3 is 14.0 Å². The van der Waals surface area contributed by atoms with Crippen molar-refractivity contribution >= 4 is 17.7 Å². The highest BCUT2D eigenvalue weighted by Crippen LogP contribution is 2.27. The van der Waals surface area contributed by atoms with Crippen molar-refractivity contribution in [2.75, 3.05) is 6.61 Å². The quantitative estimate of drug-likeness (QED) is 0.245. The van der Waals surface area contributed by atoms with Crippen molar-refractivity contribution in [3.8, 4) is 17.1 Å². The molecule has 0 radical (unpaired) electrons. The molecule has 0 spiro atoms. The first-order chi connectivity index (χ1) is 14.1. The molecule has 1 heterocycles. The van der Waals surface area contributed by atoms with E-state index >= 15 is 0 Å². The lowest BCUT2D eigenvalue weighted by Gasteiger charge is -2.05. The van der Waals surface area contributed by atoms with Gasteiger partial charge >= 0.3 is 5.97 Å². The van der Waals surface area contributed by atoms with Gasteiger partial charge in [-0.05, 0) is 42.8 Å². The van der Waals surface area contributed by atoms with E-state index in [9.17, 15) is 14.9 Å². The van der Waals surface area contributed by atoms with Crippen LogP contribution < -0.4 is 4.74 Å². The number of carbonyl (C=O) groups is 1. The number of non-ortho nitro benzene ring substituents is 1. The van der Waals surface area contributed by atoms with E-state index in [1.165, 1.54) is 36.4 Å². The van der Waals surface area contributed by atoms with Crippen LogP contribution >= 0.6 is 0 Å². The van der Waals surface area contributed by atoms with Crippen LogP contribution in [0.1, 0.15) is 18.4 Å². The zero-order chi connectivity index (χ0) is 20.6. The second-order valence-corrected chi connectivity index (χ2v) is 5.73. The number of benzene rings is 2. The molecule has 9 heteroatoms. The Labute approximate surface area is 165 Å². The Morgan fingerprint density at radius 3 is 2.69 bits per heavy atom. The van der Waals surface area contributed by atoms with Crippen molar-refractivity contribution in [3.05, 3.63) is 76.2 Å². The van der Waals surface area contributed by atoms with Gasteiger partial charge in [-0.1, -0.05) is 17.3 Å². The van der Waals surface area contributed by atoms with E-state index in [0.717, 1.165) is 0 Å². The van der Waals surface area contributed by atoms with Crippen molar-refractivity contribution in [1.82, 2.24) is 10.1 Å². The highest BCUT2D eigenvalue weighted by atomic mass is 16.6. The number of ether oxygens (including phenoxy) is 2. The normalized spacial score (nSPS) is 10.8. The Bertz CT molecular complexity index is 1030. The van der Waals surface area contributed by atoms with Crippen molar-refractivity contribution in [1.29, 1.82) is 0 Å². The fourth-order valence-electron chi connectivity index (χ4n) is 2.41. The maximum atomic E-state index is 11.9. The van der Waals surface area contributed by atoms with Crippen molar-refractivity contribution < 1.29 is 23.7 Å². The summed E-state index contributed by atoms with van der Waals surface area (Å²) in [4.78, 5) is 26.2. The molecule has 29 heavy (non-hydrogen) atoms. The van der Waals surface area contributed by atoms with Gasteiger partial charge in [-0.15, -0.1) is 0 Å². The van der Waals surface area contributed by atoms with Crippen LogP contribution in [-0.2, 0) is 16.1 Å². The largest absolute Gasteiger partial charge is 0.493 e. The van der Waals surface area contributed by atoms with Gasteiger partial charge in [0.2, 0.25) is 5.82 Å². The second-order valence-electron chi connectivity index (χ2n) is 5.73. The minimum absolute atomic E-state index is 0.0252. The molecule has 0 saturated heterocycles. The number of hydrogen-bond acceptors (Lipinski definition) is 8. The van der Waals surface area contributed by atoms with Gasteiger partial charge in [-0.25, -0.2) is 4.79 Å². The van der Waals surface area contributed by atoms with E-state index in [1.54, 1.807) is 12.1 Å². The summed E-state index contributed by atoms with van der Waals surface area (Å²) in [6.07, 6.45) is 2.70. The van der Waals surface area contributed by atoms with Crippen molar-refractivity contribution in [2.24, 2.45) is 0 Å². The van der Waals surface area contributed by atoms with Crippen LogP contribution in [0.25, 0.3) is 17.5 Å². The molecule has 3 rings (SSSR count). The molecule has 148 valence electrons. The molecule has 0 amide bonds. The topological polar surface area (TPSA) is 118 Å². The highest BCUT2D eigenvalue weighted by Gasteiger charge is 2.14. The molecular weight excluding hydrogens is 378 g/mol. The van der Waals surface area contributed by atoms with Gasteiger partial charge in [0, 0.05) is 18.2 Å². The average Bonchev–Trinajstić information content (AvgIpc) is 3.20. The van der Waals surface area contributed by atoms with E-state index in [2.05, 4.69) is 10.1 Å². The van der Waals surface area contributed by atoms with E-state index in [-0.39, 0.29) is 18.2 Å². The Kier molecular flexibility index (Phi) is 6.31. The molecule has 2 aromatic carbocycles. The highest BCUT2D eigenvalue weighted by molar-refractivity contribution is 5.87. The number of carbonyl (C=O) groups excluding carboxylic acids is 1. The van der Waals surface area contributed by atoms with Gasteiger partial charge in [-0.2, -0.15) is 4.98 Å². The molecular formula is C20H17N3O6. The summed E-state index contributed by atoms with van der Waals surface area (Å²) in [6.45, 7) is 2.19. The number of aromatic nitrogens is 2. The first-order valence-electron chi connectivity index (χ1n) is 8.71. The Balaban J connectivity index is 1.58. The number of nitrogens with zero attached hydrogens (tertiary/aromatic N) is 3. The fourth-order valence-corrected chi connectivity index (χ4v) is 2.41. The van der Waals surface area contributed by atoms with Gasteiger partial charge in [0.1, 0.15) is 5.75 Å². The number of nitro groups is 1. The smallest absolute Gasteiger partial charge is 0.331 e. The van der Waals surface area contributed by atoms with E-state index in [0.29, 0.717) is 29.3 Å². The van der Waals surface area contributed by atoms with Gasteiger partial charge in [0.25, 0.3) is 11.6 Å². The lowest BCUT2D eigenvalue weighted by molar-refractivity contribution is -0.384. The molecule has 3 aromatic rings. The zero-order valence-corrected chi connectivity index (χ0v) is 15.5. The minimum atomic E-state index is -0.613. The standard InChI is InChI=1S/C20H17N3O6/c1-2-27-17-6-4-3-5-16(17)20-21-18(29-22-20)13-28-19(24)12-9-14-7-10-15(11-8-14)23(25)26/h3-12H,2,13H2,1H3/b12-9+. The first kappa shape index (κ1) is 19.7. The molecule has 0 saturated carbocycles. The summed E-state index contributed by atoms with van der Waals surface area (Å²) >= 11 is 0. The number of esters is 1. The summed E-state index contributed by atoms with van der Waals surface area (Å²) < 4.78 is 15.7. The Morgan fingerprint density at radius 2 is 1.97 bits per heavy atom. The summed E-state index contributed by atoms with van der Waals surface area (Å²) in [5, 5.41) is 14.5. The molecule has 1 aromatic heterocycles. The lowest BCUT2D eigenvalue weighted by Crippen LogP contribution is -2.01. The third-order valence-corrected chi connectivity index (χ3v) is 3.75. The number of hydrogen-bond donors (Lipinski definition) is 0.